The zero-order valence-electron chi connectivity index (χ0n) is 9.39. The summed E-state index contributed by atoms with van der Waals surface area (Å²) in [5.74, 6) is 4.69. The number of nitrogens with zero attached hydrogens (tertiary/aromatic N) is 1. The first kappa shape index (κ1) is 11.0. The maximum atomic E-state index is 2.64. The summed E-state index contributed by atoms with van der Waals surface area (Å²) in [6.07, 6.45) is 0. The van der Waals surface area contributed by atoms with E-state index >= 15 is 0 Å². The molecule has 1 aromatic rings. The van der Waals surface area contributed by atoms with Gasteiger partial charge in [-0.05, 0) is 11.6 Å². The van der Waals surface area contributed by atoms with E-state index in [1.807, 2.05) is 11.8 Å². The lowest BCUT2D eigenvalue weighted by molar-refractivity contribution is 0.289. The van der Waals surface area contributed by atoms with Crippen molar-refractivity contribution >= 4 is 23.5 Å². The molecule has 1 saturated heterocycles. The Hall–Kier alpha value is -0.120. The van der Waals surface area contributed by atoms with Gasteiger partial charge in [-0.3, -0.25) is 0 Å². The molecule has 0 aromatic heterocycles. The molecule has 0 spiro atoms. The first-order chi connectivity index (χ1) is 7.93. The van der Waals surface area contributed by atoms with Gasteiger partial charge in [-0.1, -0.05) is 18.2 Å². The molecular formula is C13H17NS2. The standard InChI is InChI=1S/C13H17NS2/c1-2-4-13-12(3-1)11(10-16-13)9-14-5-7-15-8-6-14/h1-4,11H,5-10H2. The average molecular weight is 251 g/mol. The molecule has 0 N–H and O–H groups in total. The van der Waals surface area contributed by atoms with E-state index in [1.165, 1.54) is 41.8 Å². The molecule has 0 amide bonds. The predicted molar refractivity (Wildman–Crippen MR) is 73.7 cm³/mol. The average Bonchev–Trinajstić information content (AvgIpc) is 2.74. The molecule has 0 saturated carbocycles. The SMILES string of the molecule is c1ccc2c(c1)SCC2CN1CCSCC1. The topological polar surface area (TPSA) is 3.24 Å². The van der Waals surface area contributed by atoms with Gasteiger partial charge in [-0.2, -0.15) is 11.8 Å². The molecular weight excluding hydrogens is 234 g/mol. The summed E-state index contributed by atoms with van der Waals surface area (Å²) >= 11 is 4.13. The first-order valence-corrected chi connectivity index (χ1v) is 8.09. The fourth-order valence-corrected chi connectivity index (χ4v) is 4.70. The van der Waals surface area contributed by atoms with E-state index in [1.54, 1.807) is 5.56 Å². The van der Waals surface area contributed by atoms with Crippen LogP contribution in [0.4, 0.5) is 0 Å². The van der Waals surface area contributed by atoms with Crippen LogP contribution in [-0.4, -0.2) is 41.8 Å². The summed E-state index contributed by atoms with van der Waals surface area (Å²) in [5.41, 5.74) is 1.59. The second kappa shape index (κ2) is 5.03. The number of hydrogen-bond donors (Lipinski definition) is 0. The van der Waals surface area contributed by atoms with Crippen molar-refractivity contribution in [2.45, 2.75) is 10.8 Å². The van der Waals surface area contributed by atoms with E-state index in [0.717, 1.165) is 5.92 Å². The Morgan fingerprint density at radius 3 is 2.88 bits per heavy atom. The van der Waals surface area contributed by atoms with Crippen LogP contribution in [0.2, 0.25) is 0 Å². The smallest absolute Gasteiger partial charge is 0.0108 e. The van der Waals surface area contributed by atoms with Gasteiger partial charge in [0.05, 0.1) is 0 Å². The van der Waals surface area contributed by atoms with Crippen molar-refractivity contribution in [3.8, 4) is 0 Å². The van der Waals surface area contributed by atoms with E-state index in [4.69, 9.17) is 0 Å². The van der Waals surface area contributed by atoms with Crippen LogP contribution in [0.25, 0.3) is 0 Å². The summed E-state index contributed by atoms with van der Waals surface area (Å²) < 4.78 is 0. The van der Waals surface area contributed by atoms with E-state index in [9.17, 15) is 0 Å². The van der Waals surface area contributed by atoms with Gasteiger partial charge in [0.2, 0.25) is 0 Å². The number of rotatable bonds is 2. The number of fused-ring (bicyclic) bond motifs is 1. The fraction of sp³-hybridized carbons (Fsp3) is 0.538. The normalized spacial score (nSPS) is 25.6. The van der Waals surface area contributed by atoms with E-state index in [2.05, 4.69) is 40.9 Å². The fourth-order valence-electron chi connectivity index (χ4n) is 2.48. The third-order valence-corrected chi connectivity index (χ3v) is 5.58. The molecule has 86 valence electrons. The van der Waals surface area contributed by atoms with Crippen molar-refractivity contribution in [3.63, 3.8) is 0 Å². The van der Waals surface area contributed by atoms with Gasteiger partial charge in [0.15, 0.2) is 0 Å². The first-order valence-electron chi connectivity index (χ1n) is 5.95. The number of hydrogen-bond acceptors (Lipinski definition) is 3. The minimum absolute atomic E-state index is 0.768. The Bertz CT molecular complexity index is 361. The Balaban J connectivity index is 1.68. The molecule has 2 aliphatic heterocycles. The summed E-state index contributed by atoms with van der Waals surface area (Å²) in [7, 11) is 0. The Kier molecular flexibility index (Phi) is 3.46. The van der Waals surface area contributed by atoms with Gasteiger partial charge in [-0.15, -0.1) is 11.8 Å². The molecule has 1 nitrogen and oxygen atoms in total. The summed E-state index contributed by atoms with van der Waals surface area (Å²) in [5, 5.41) is 0. The van der Waals surface area contributed by atoms with Crippen molar-refractivity contribution in [1.29, 1.82) is 0 Å². The van der Waals surface area contributed by atoms with Crippen molar-refractivity contribution < 1.29 is 0 Å². The van der Waals surface area contributed by atoms with Gasteiger partial charge < -0.3 is 4.90 Å². The van der Waals surface area contributed by atoms with E-state index < -0.39 is 0 Å². The molecule has 1 aromatic carbocycles. The third-order valence-electron chi connectivity index (χ3n) is 3.38. The predicted octanol–water partition coefficient (Wildman–Crippen LogP) is 2.92. The highest BCUT2D eigenvalue weighted by atomic mass is 32.2. The van der Waals surface area contributed by atoms with Crippen LogP contribution < -0.4 is 0 Å². The summed E-state index contributed by atoms with van der Waals surface area (Å²) in [4.78, 5) is 4.16. The van der Waals surface area contributed by atoms with Gasteiger partial charge in [-0.25, -0.2) is 0 Å². The zero-order chi connectivity index (χ0) is 10.8. The molecule has 2 aliphatic rings. The molecule has 1 atom stereocenters. The van der Waals surface area contributed by atoms with Crippen molar-refractivity contribution in [2.24, 2.45) is 0 Å². The summed E-state index contributed by atoms with van der Waals surface area (Å²) in [6, 6.07) is 8.93. The quantitative estimate of drug-likeness (QED) is 0.795. The molecule has 1 unspecified atom stereocenters. The lowest BCUT2D eigenvalue weighted by atomic mass is 10.0. The Morgan fingerprint density at radius 2 is 2.00 bits per heavy atom. The van der Waals surface area contributed by atoms with Crippen LogP contribution in [0, 0.1) is 0 Å². The molecule has 16 heavy (non-hydrogen) atoms. The monoisotopic (exact) mass is 251 g/mol. The molecule has 0 aliphatic carbocycles. The van der Waals surface area contributed by atoms with Crippen LogP contribution in [0.15, 0.2) is 29.2 Å². The lowest BCUT2D eigenvalue weighted by Gasteiger charge is -2.28. The maximum Gasteiger partial charge on any atom is 0.0108 e. The van der Waals surface area contributed by atoms with Gasteiger partial charge in [0.1, 0.15) is 0 Å². The van der Waals surface area contributed by atoms with Crippen LogP contribution in [0.3, 0.4) is 0 Å². The highest BCUT2D eigenvalue weighted by Crippen LogP contribution is 2.39. The minimum Gasteiger partial charge on any atom is -0.301 e. The second-order valence-corrected chi connectivity index (χ2v) is 6.75. The molecule has 1 fully saturated rings. The lowest BCUT2D eigenvalue weighted by Crippen LogP contribution is -2.35. The van der Waals surface area contributed by atoms with Gasteiger partial charge in [0.25, 0.3) is 0 Å². The van der Waals surface area contributed by atoms with Crippen LogP contribution in [-0.2, 0) is 0 Å². The van der Waals surface area contributed by atoms with Crippen LogP contribution >= 0.6 is 23.5 Å². The summed E-state index contributed by atoms with van der Waals surface area (Å²) in [6.45, 7) is 3.84. The zero-order valence-corrected chi connectivity index (χ0v) is 11.0. The van der Waals surface area contributed by atoms with Crippen molar-refractivity contribution in [1.82, 2.24) is 4.90 Å². The molecule has 2 heterocycles. The molecule has 0 radical (unpaired) electrons. The van der Waals surface area contributed by atoms with E-state index in [-0.39, 0.29) is 0 Å². The van der Waals surface area contributed by atoms with Gasteiger partial charge in [0, 0.05) is 47.7 Å². The highest BCUT2D eigenvalue weighted by Gasteiger charge is 2.25. The molecule has 0 bridgehead atoms. The Morgan fingerprint density at radius 1 is 1.19 bits per heavy atom. The number of benzene rings is 1. The largest absolute Gasteiger partial charge is 0.301 e. The minimum atomic E-state index is 0.768. The molecule has 3 heteroatoms. The van der Waals surface area contributed by atoms with Crippen LogP contribution in [0.1, 0.15) is 11.5 Å². The van der Waals surface area contributed by atoms with Gasteiger partial charge >= 0.3 is 0 Å². The maximum absolute atomic E-state index is 2.64. The highest BCUT2D eigenvalue weighted by molar-refractivity contribution is 7.99. The van der Waals surface area contributed by atoms with Crippen molar-refractivity contribution in [2.75, 3.05) is 36.9 Å². The Labute approximate surface area is 106 Å². The third kappa shape index (κ3) is 2.27. The van der Waals surface area contributed by atoms with E-state index in [0.29, 0.717) is 0 Å². The number of thioether (sulfide) groups is 2. The van der Waals surface area contributed by atoms with Crippen LogP contribution in [0.5, 0.6) is 0 Å². The second-order valence-electron chi connectivity index (χ2n) is 4.46. The van der Waals surface area contributed by atoms with Crippen molar-refractivity contribution in [3.05, 3.63) is 29.8 Å². The molecule has 3 rings (SSSR count).